The maximum Gasteiger partial charge on any atom is 0.291 e. The van der Waals surface area contributed by atoms with Gasteiger partial charge in [0, 0.05) is 24.2 Å². The fourth-order valence-electron chi connectivity index (χ4n) is 3.82. The Bertz CT molecular complexity index is 973. The normalized spacial score (nSPS) is 21.5. The van der Waals surface area contributed by atoms with Crippen LogP contribution in [0.3, 0.4) is 0 Å². The zero-order valence-electron chi connectivity index (χ0n) is 16.1. The second-order valence-electron chi connectivity index (χ2n) is 7.24. The molecule has 2 aliphatic rings. The molecule has 1 saturated carbocycles. The van der Waals surface area contributed by atoms with Gasteiger partial charge in [-0.1, -0.05) is 0 Å². The lowest BCUT2D eigenvalue weighted by Gasteiger charge is -2.21. The Morgan fingerprint density at radius 3 is 2.45 bits per heavy atom. The van der Waals surface area contributed by atoms with Crippen molar-refractivity contribution in [3.8, 4) is 11.5 Å². The van der Waals surface area contributed by atoms with Gasteiger partial charge in [-0.3, -0.25) is 9.59 Å². The lowest BCUT2D eigenvalue weighted by Crippen LogP contribution is -2.33. The highest BCUT2D eigenvalue weighted by Crippen LogP contribution is 2.59. The number of furan rings is 1. The van der Waals surface area contributed by atoms with Gasteiger partial charge in [0.05, 0.1) is 38.0 Å². The number of amides is 2. The summed E-state index contributed by atoms with van der Waals surface area (Å²) in [4.78, 5) is 26.8. The monoisotopic (exact) mass is 406 g/mol. The zero-order valence-corrected chi connectivity index (χ0v) is 16.1. The largest absolute Gasteiger partial charge is 0.493 e. The fourth-order valence-corrected chi connectivity index (χ4v) is 3.82. The summed E-state index contributed by atoms with van der Waals surface area (Å²) in [6, 6.07) is 4.57. The summed E-state index contributed by atoms with van der Waals surface area (Å²) < 4.78 is 42.7. The van der Waals surface area contributed by atoms with E-state index in [9.17, 15) is 18.4 Å². The van der Waals surface area contributed by atoms with Gasteiger partial charge < -0.3 is 24.1 Å². The van der Waals surface area contributed by atoms with E-state index in [0.29, 0.717) is 5.56 Å². The molecule has 0 bridgehead atoms. The highest BCUT2D eigenvalue weighted by molar-refractivity contribution is 6.05. The maximum absolute atomic E-state index is 13.4. The van der Waals surface area contributed by atoms with Crippen molar-refractivity contribution >= 4 is 17.5 Å². The summed E-state index contributed by atoms with van der Waals surface area (Å²) in [6.45, 7) is 1.75. The molecule has 4 rings (SSSR count). The molecular formula is C20H20F2N2O5. The number of fused-ring (bicyclic) bond motifs is 1. The fraction of sp³-hybridized carbons (Fsp3) is 0.400. The molecule has 1 aromatic carbocycles. The average molecular weight is 406 g/mol. The van der Waals surface area contributed by atoms with E-state index in [1.54, 1.807) is 13.0 Å². The molecule has 2 heterocycles. The number of ether oxygens (including phenoxy) is 2. The molecular weight excluding hydrogens is 386 g/mol. The summed E-state index contributed by atoms with van der Waals surface area (Å²) in [7, 11) is 2.81. The first kappa shape index (κ1) is 19.2. The molecule has 1 N–H and O–H groups in total. The van der Waals surface area contributed by atoms with E-state index >= 15 is 0 Å². The summed E-state index contributed by atoms with van der Waals surface area (Å²) >= 11 is 0. The van der Waals surface area contributed by atoms with Gasteiger partial charge in [0.1, 0.15) is 0 Å². The molecule has 154 valence electrons. The lowest BCUT2D eigenvalue weighted by atomic mass is 10.1. The molecule has 0 spiro atoms. The molecule has 2 aromatic rings. The highest BCUT2D eigenvalue weighted by Gasteiger charge is 2.72. The summed E-state index contributed by atoms with van der Waals surface area (Å²) in [6.07, 6.45) is 1.40. The molecule has 2 fully saturated rings. The smallest absolute Gasteiger partial charge is 0.291 e. The second-order valence-corrected chi connectivity index (χ2v) is 7.24. The lowest BCUT2D eigenvalue weighted by molar-refractivity contribution is 0.0458. The minimum atomic E-state index is -2.67. The van der Waals surface area contributed by atoms with E-state index in [1.807, 2.05) is 0 Å². The Morgan fingerprint density at radius 1 is 1.21 bits per heavy atom. The maximum atomic E-state index is 13.4. The number of alkyl halides is 2. The van der Waals surface area contributed by atoms with Crippen molar-refractivity contribution in [3.63, 3.8) is 0 Å². The standard InChI is InChI=1S/C20H20F2N2O5/c1-10-4-5-29-16(10)18(25)23-14-6-11(7-15(27-2)17(14)28-3)19(26)24-8-12-13(9-24)20(12,21)22/h4-7,12-13H,8-9H2,1-3H3,(H,23,25). The van der Waals surface area contributed by atoms with Crippen molar-refractivity contribution in [2.24, 2.45) is 11.8 Å². The molecule has 1 aliphatic heterocycles. The van der Waals surface area contributed by atoms with Crippen LogP contribution in [-0.2, 0) is 0 Å². The minimum absolute atomic E-state index is 0.0120. The Labute approximate surface area is 165 Å². The number of hydrogen-bond acceptors (Lipinski definition) is 5. The van der Waals surface area contributed by atoms with Crippen molar-refractivity contribution in [2.45, 2.75) is 12.8 Å². The van der Waals surface area contributed by atoms with Crippen molar-refractivity contribution in [2.75, 3.05) is 32.6 Å². The number of benzene rings is 1. The van der Waals surface area contributed by atoms with Crippen LogP contribution in [0, 0.1) is 18.8 Å². The van der Waals surface area contributed by atoms with Crippen molar-refractivity contribution in [3.05, 3.63) is 41.3 Å². The average Bonchev–Trinajstić information content (AvgIpc) is 3.13. The number of nitrogens with zero attached hydrogens (tertiary/aromatic N) is 1. The van der Waals surface area contributed by atoms with Gasteiger partial charge in [-0.2, -0.15) is 0 Å². The molecule has 2 unspecified atom stereocenters. The van der Waals surface area contributed by atoms with Crippen LogP contribution in [0.2, 0.25) is 0 Å². The molecule has 1 saturated heterocycles. The SMILES string of the molecule is COc1cc(C(=O)N2CC3C(C2)C3(F)F)cc(NC(=O)c2occc2C)c1OC. The first-order valence-electron chi connectivity index (χ1n) is 9.06. The Hall–Kier alpha value is -3.10. The molecule has 2 atom stereocenters. The Balaban J connectivity index is 1.62. The number of carbonyl (C=O) groups is 2. The number of likely N-dealkylation sites (tertiary alicyclic amines) is 1. The van der Waals surface area contributed by atoms with Gasteiger partial charge in [-0.25, -0.2) is 8.78 Å². The van der Waals surface area contributed by atoms with Gasteiger partial charge in [0.15, 0.2) is 17.3 Å². The van der Waals surface area contributed by atoms with Crippen molar-refractivity contribution in [1.29, 1.82) is 0 Å². The second kappa shape index (κ2) is 6.75. The third kappa shape index (κ3) is 3.10. The van der Waals surface area contributed by atoms with Crippen LogP contribution in [-0.4, -0.2) is 49.9 Å². The van der Waals surface area contributed by atoms with Gasteiger partial charge in [-0.05, 0) is 25.1 Å². The van der Waals surface area contributed by atoms with E-state index in [4.69, 9.17) is 13.9 Å². The third-order valence-corrected chi connectivity index (χ3v) is 5.53. The number of anilines is 1. The van der Waals surface area contributed by atoms with E-state index in [-0.39, 0.29) is 41.6 Å². The summed E-state index contributed by atoms with van der Waals surface area (Å²) in [5, 5.41) is 2.67. The number of halogens is 2. The number of piperidine rings is 1. The Kier molecular flexibility index (Phi) is 4.48. The van der Waals surface area contributed by atoms with Gasteiger partial charge >= 0.3 is 0 Å². The summed E-state index contributed by atoms with van der Waals surface area (Å²) in [5.41, 5.74) is 1.07. The predicted octanol–water partition coefficient (Wildman–Crippen LogP) is 3.19. The van der Waals surface area contributed by atoms with E-state index in [1.165, 1.54) is 37.5 Å². The van der Waals surface area contributed by atoms with E-state index in [0.717, 1.165) is 0 Å². The topological polar surface area (TPSA) is 81.0 Å². The minimum Gasteiger partial charge on any atom is -0.493 e. The molecule has 9 heteroatoms. The Morgan fingerprint density at radius 2 is 1.90 bits per heavy atom. The molecule has 1 aromatic heterocycles. The summed E-state index contributed by atoms with van der Waals surface area (Å²) in [5.74, 6) is -4.53. The number of nitrogens with one attached hydrogen (secondary N) is 1. The number of carbonyl (C=O) groups excluding carboxylic acids is 2. The van der Waals surface area contributed by atoms with E-state index in [2.05, 4.69) is 5.32 Å². The number of aryl methyl sites for hydroxylation is 1. The van der Waals surface area contributed by atoms with Gasteiger partial charge in [-0.15, -0.1) is 0 Å². The van der Waals surface area contributed by atoms with Crippen LogP contribution < -0.4 is 14.8 Å². The van der Waals surface area contributed by atoms with E-state index < -0.39 is 29.6 Å². The molecule has 7 nitrogen and oxygen atoms in total. The number of hydrogen-bond donors (Lipinski definition) is 1. The highest BCUT2D eigenvalue weighted by atomic mass is 19.3. The third-order valence-electron chi connectivity index (χ3n) is 5.53. The number of rotatable bonds is 5. The zero-order chi connectivity index (χ0) is 20.9. The van der Waals surface area contributed by atoms with Gasteiger partial charge in [0.25, 0.3) is 17.7 Å². The predicted molar refractivity (Wildman–Crippen MR) is 98.8 cm³/mol. The first-order valence-corrected chi connectivity index (χ1v) is 9.06. The van der Waals surface area contributed by atoms with Crippen molar-refractivity contribution in [1.82, 2.24) is 4.90 Å². The van der Waals surface area contributed by atoms with Crippen LogP contribution in [0.1, 0.15) is 26.5 Å². The molecule has 1 aliphatic carbocycles. The molecule has 0 radical (unpaired) electrons. The van der Waals surface area contributed by atoms with Crippen molar-refractivity contribution < 1.29 is 32.3 Å². The van der Waals surface area contributed by atoms with Crippen LogP contribution >= 0.6 is 0 Å². The van der Waals surface area contributed by atoms with Crippen LogP contribution in [0.4, 0.5) is 14.5 Å². The molecule has 29 heavy (non-hydrogen) atoms. The quantitative estimate of drug-likeness (QED) is 0.825. The van der Waals surface area contributed by atoms with Crippen LogP contribution in [0.15, 0.2) is 28.9 Å². The first-order chi connectivity index (χ1) is 13.8. The number of methoxy groups -OCH3 is 2. The van der Waals surface area contributed by atoms with Crippen LogP contribution in [0.25, 0.3) is 0 Å². The molecule has 2 amide bonds. The van der Waals surface area contributed by atoms with Gasteiger partial charge in [0.2, 0.25) is 0 Å². The van der Waals surface area contributed by atoms with Crippen LogP contribution in [0.5, 0.6) is 11.5 Å².